The Balaban J connectivity index is 2.01. The minimum Gasteiger partial charge on any atom is -0.302 e. The fourth-order valence-corrected chi connectivity index (χ4v) is 3.43. The Kier molecular flexibility index (Phi) is 3.90. The van der Waals surface area contributed by atoms with Crippen molar-refractivity contribution in [2.24, 2.45) is 5.92 Å². The first kappa shape index (κ1) is 12.0. The van der Waals surface area contributed by atoms with E-state index in [1.165, 1.54) is 32.1 Å². The topological polar surface area (TPSA) is 48.6 Å². The van der Waals surface area contributed by atoms with Crippen LogP contribution >= 0.6 is 15.9 Å². The lowest BCUT2D eigenvalue weighted by atomic mass is 9.85. The van der Waals surface area contributed by atoms with E-state index in [0.29, 0.717) is 4.83 Å². The average Bonchev–Trinajstić information content (AvgIpc) is 2.62. The number of alkyl halides is 1. The number of aromatic nitrogens is 2. The zero-order valence-corrected chi connectivity index (χ0v) is 11.3. The molecule has 16 heavy (non-hydrogen) atoms. The van der Waals surface area contributed by atoms with Gasteiger partial charge in [0, 0.05) is 16.1 Å². The van der Waals surface area contributed by atoms with Crippen LogP contribution in [0.1, 0.15) is 43.4 Å². The molecule has 0 aromatic carbocycles. The van der Waals surface area contributed by atoms with Gasteiger partial charge >= 0.3 is 0 Å². The molecule has 1 saturated carbocycles. The second kappa shape index (κ2) is 5.21. The third-order valence-corrected chi connectivity index (χ3v) is 4.72. The Morgan fingerprint density at radius 2 is 2.00 bits per heavy atom. The highest BCUT2D eigenvalue weighted by atomic mass is 79.9. The van der Waals surface area contributed by atoms with Crippen LogP contribution in [0.25, 0.3) is 0 Å². The van der Waals surface area contributed by atoms with Crippen molar-refractivity contribution in [3.63, 3.8) is 0 Å². The third kappa shape index (κ3) is 2.59. The second-order valence-corrected chi connectivity index (χ2v) is 5.98. The number of halogens is 1. The fraction of sp³-hybridized carbons (Fsp3) is 0.750. The molecule has 0 amide bonds. The minimum atomic E-state index is 0.0396. The van der Waals surface area contributed by atoms with Crippen molar-refractivity contribution >= 4 is 15.9 Å². The van der Waals surface area contributed by atoms with Crippen LogP contribution in [-0.2, 0) is 6.42 Å². The molecule has 4 heteroatoms. The lowest BCUT2D eigenvalue weighted by Crippen LogP contribution is -2.22. The zero-order chi connectivity index (χ0) is 11.5. The van der Waals surface area contributed by atoms with Crippen LogP contribution < -0.4 is 5.56 Å². The molecule has 3 nitrogen and oxygen atoms in total. The van der Waals surface area contributed by atoms with E-state index in [0.717, 1.165) is 23.6 Å². The molecular formula is C12H19BrN2O. The van der Waals surface area contributed by atoms with Crippen molar-refractivity contribution in [2.45, 2.75) is 50.3 Å². The number of hydrogen-bond donors (Lipinski definition) is 2. The predicted molar refractivity (Wildman–Crippen MR) is 69.1 cm³/mol. The van der Waals surface area contributed by atoms with Gasteiger partial charge in [-0.3, -0.25) is 9.89 Å². The Labute approximate surface area is 104 Å². The SMILES string of the molecule is Cc1[nH][nH]c(=O)c1CC(Br)C1CCCCC1. The van der Waals surface area contributed by atoms with Gasteiger partial charge in [-0.25, -0.2) is 0 Å². The molecular weight excluding hydrogens is 268 g/mol. The van der Waals surface area contributed by atoms with Gasteiger partial charge in [0.25, 0.3) is 5.56 Å². The van der Waals surface area contributed by atoms with Crippen LogP contribution in [0.3, 0.4) is 0 Å². The van der Waals surface area contributed by atoms with Gasteiger partial charge in [0.1, 0.15) is 0 Å². The Morgan fingerprint density at radius 1 is 1.31 bits per heavy atom. The summed E-state index contributed by atoms with van der Waals surface area (Å²) in [7, 11) is 0. The summed E-state index contributed by atoms with van der Waals surface area (Å²) in [6.07, 6.45) is 7.51. The van der Waals surface area contributed by atoms with Crippen molar-refractivity contribution in [1.82, 2.24) is 10.2 Å². The van der Waals surface area contributed by atoms with Crippen LogP contribution in [0.5, 0.6) is 0 Å². The summed E-state index contributed by atoms with van der Waals surface area (Å²) in [6.45, 7) is 1.95. The van der Waals surface area contributed by atoms with Crippen LogP contribution in [0.4, 0.5) is 0 Å². The molecule has 0 saturated heterocycles. The van der Waals surface area contributed by atoms with Crippen LogP contribution in [0, 0.1) is 12.8 Å². The van der Waals surface area contributed by atoms with E-state index in [2.05, 4.69) is 26.1 Å². The van der Waals surface area contributed by atoms with E-state index >= 15 is 0 Å². The van der Waals surface area contributed by atoms with Gasteiger partial charge in [0.2, 0.25) is 0 Å². The maximum absolute atomic E-state index is 11.6. The van der Waals surface area contributed by atoms with E-state index in [1.807, 2.05) is 6.92 Å². The highest BCUT2D eigenvalue weighted by molar-refractivity contribution is 9.09. The minimum absolute atomic E-state index is 0.0396. The summed E-state index contributed by atoms with van der Waals surface area (Å²) in [5.41, 5.74) is 1.93. The molecule has 1 aromatic rings. The molecule has 90 valence electrons. The smallest absolute Gasteiger partial charge is 0.267 e. The lowest BCUT2D eigenvalue weighted by molar-refractivity contribution is 0.350. The summed E-state index contributed by atoms with van der Waals surface area (Å²) < 4.78 is 0. The molecule has 2 rings (SSSR count). The maximum Gasteiger partial charge on any atom is 0.267 e. The van der Waals surface area contributed by atoms with E-state index in [1.54, 1.807) is 0 Å². The molecule has 1 heterocycles. The van der Waals surface area contributed by atoms with Crippen LogP contribution in [0.15, 0.2) is 4.79 Å². The predicted octanol–water partition coefficient (Wildman–Crippen LogP) is 2.90. The van der Waals surface area contributed by atoms with E-state index in [-0.39, 0.29) is 5.56 Å². The number of hydrogen-bond acceptors (Lipinski definition) is 1. The molecule has 2 N–H and O–H groups in total. The van der Waals surface area contributed by atoms with Gasteiger partial charge in [-0.15, -0.1) is 0 Å². The van der Waals surface area contributed by atoms with Gasteiger partial charge in [0.15, 0.2) is 0 Å². The van der Waals surface area contributed by atoms with Crippen molar-refractivity contribution in [3.05, 3.63) is 21.6 Å². The first-order valence-corrected chi connectivity index (χ1v) is 7.00. The number of aromatic amines is 2. The summed E-state index contributed by atoms with van der Waals surface area (Å²) in [5.74, 6) is 0.738. The highest BCUT2D eigenvalue weighted by Crippen LogP contribution is 2.31. The molecule has 1 unspecified atom stereocenters. The molecule has 0 radical (unpaired) electrons. The first-order valence-electron chi connectivity index (χ1n) is 6.08. The lowest BCUT2D eigenvalue weighted by Gasteiger charge is -2.26. The molecule has 1 aliphatic carbocycles. The standard InChI is InChI=1S/C12H19BrN2O/c1-8-10(12(16)15-14-8)7-11(13)9-5-3-2-4-6-9/h9,11H,2-7H2,1H3,(H2,14,15,16). The van der Waals surface area contributed by atoms with Gasteiger partial charge in [-0.2, -0.15) is 0 Å². The van der Waals surface area contributed by atoms with Crippen LogP contribution in [-0.4, -0.2) is 15.0 Å². The monoisotopic (exact) mass is 286 g/mol. The second-order valence-electron chi connectivity index (χ2n) is 4.80. The number of nitrogens with one attached hydrogen (secondary N) is 2. The fourth-order valence-electron chi connectivity index (χ4n) is 2.58. The normalized spacial score (nSPS) is 19.9. The maximum atomic E-state index is 11.6. The molecule has 1 fully saturated rings. The Morgan fingerprint density at radius 3 is 2.56 bits per heavy atom. The van der Waals surface area contributed by atoms with Gasteiger partial charge in [-0.05, 0) is 32.1 Å². The largest absolute Gasteiger partial charge is 0.302 e. The first-order chi connectivity index (χ1) is 7.68. The number of H-pyrrole nitrogens is 2. The molecule has 0 aliphatic heterocycles. The van der Waals surface area contributed by atoms with Crippen molar-refractivity contribution in [2.75, 3.05) is 0 Å². The Bertz CT molecular complexity index is 390. The summed E-state index contributed by atoms with van der Waals surface area (Å²) in [5, 5.41) is 5.53. The third-order valence-electron chi connectivity index (χ3n) is 3.65. The van der Waals surface area contributed by atoms with E-state index in [4.69, 9.17) is 0 Å². The highest BCUT2D eigenvalue weighted by Gasteiger charge is 2.23. The number of rotatable bonds is 3. The molecule has 1 aliphatic rings. The van der Waals surface area contributed by atoms with Gasteiger partial charge in [0.05, 0.1) is 0 Å². The Hall–Kier alpha value is -0.510. The van der Waals surface area contributed by atoms with E-state index in [9.17, 15) is 4.79 Å². The van der Waals surface area contributed by atoms with Crippen LogP contribution in [0.2, 0.25) is 0 Å². The van der Waals surface area contributed by atoms with Crippen molar-refractivity contribution in [1.29, 1.82) is 0 Å². The summed E-state index contributed by atoms with van der Waals surface area (Å²) >= 11 is 3.76. The summed E-state index contributed by atoms with van der Waals surface area (Å²) in [6, 6.07) is 0. The van der Waals surface area contributed by atoms with Gasteiger partial charge in [-0.1, -0.05) is 35.2 Å². The number of aryl methyl sites for hydroxylation is 1. The van der Waals surface area contributed by atoms with Crippen molar-refractivity contribution < 1.29 is 0 Å². The molecule has 1 atom stereocenters. The molecule has 0 spiro atoms. The quantitative estimate of drug-likeness (QED) is 0.825. The summed E-state index contributed by atoms with van der Waals surface area (Å²) in [4.78, 5) is 12.0. The van der Waals surface area contributed by atoms with Gasteiger partial charge < -0.3 is 5.10 Å². The average molecular weight is 287 g/mol. The molecule has 0 bridgehead atoms. The van der Waals surface area contributed by atoms with Crippen molar-refractivity contribution in [3.8, 4) is 0 Å². The molecule has 1 aromatic heterocycles. The zero-order valence-electron chi connectivity index (χ0n) is 9.68. The van der Waals surface area contributed by atoms with E-state index < -0.39 is 0 Å².